The first-order valence-electron chi connectivity index (χ1n) is 7.10. The number of hydrogen-bond donors (Lipinski definition) is 1. The molecular formula is C15H22N4. The maximum absolute atomic E-state index is 4.66. The van der Waals surface area contributed by atoms with E-state index in [1.165, 1.54) is 5.56 Å². The van der Waals surface area contributed by atoms with E-state index >= 15 is 0 Å². The lowest BCUT2D eigenvalue weighted by atomic mass is 10.0. The zero-order valence-corrected chi connectivity index (χ0v) is 11.5. The summed E-state index contributed by atoms with van der Waals surface area (Å²) >= 11 is 0. The van der Waals surface area contributed by atoms with Crippen molar-refractivity contribution in [3.8, 4) is 0 Å². The second-order valence-corrected chi connectivity index (χ2v) is 5.35. The molecule has 0 aliphatic carbocycles. The van der Waals surface area contributed by atoms with Crippen LogP contribution in [-0.2, 0) is 0 Å². The van der Waals surface area contributed by atoms with Crippen molar-refractivity contribution in [1.82, 2.24) is 15.1 Å². The molecule has 0 aromatic heterocycles. The lowest BCUT2D eigenvalue weighted by molar-refractivity contribution is 0.136. The van der Waals surface area contributed by atoms with Crippen LogP contribution >= 0.6 is 0 Å². The number of piperazine rings is 1. The van der Waals surface area contributed by atoms with Crippen LogP contribution in [0.1, 0.15) is 11.6 Å². The summed E-state index contributed by atoms with van der Waals surface area (Å²) in [6.45, 7) is 6.37. The van der Waals surface area contributed by atoms with Crippen molar-refractivity contribution >= 4 is 5.84 Å². The molecule has 2 aliphatic rings. The Morgan fingerprint density at radius 3 is 2.47 bits per heavy atom. The number of aliphatic imine (C=N–C) groups is 1. The number of hydrogen-bond acceptors (Lipinski definition) is 4. The van der Waals surface area contributed by atoms with Gasteiger partial charge in [0.05, 0.1) is 12.6 Å². The highest BCUT2D eigenvalue weighted by atomic mass is 15.3. The molecule has 0 amide bonds. The molecule has 1 saturated heterocycles. The molecule has 4 heteroatoms. The first-order valence-corrected chi connectivity index (χ1v) is 7.10. The Bertz CT molecular complexity index is 435. The van der Waals surface area contributed by atoms with Crippen LogP contribution in [0.3, 0.4) is 0 Å². The van der Waals surface area contributed by atoms with Crippen molar-refractivity contribution in [2.24, 2.45) is 4.99 Å². The maximum atomic E-state index is 4.66. The smallest absolute Gasteiger partial charge is 0.119 e. The van der Waals surface area contributed by atoms with Crippen molar-refractivity contribution in [1.29, 1.82) is 0 Å². The summed E-state index contributed by atoms with van der Waals surface area (Å²) < 4.78 is 0. The molecule has 1 unspecified atom stereocenters. The first kappa shape index (κ1) is 12.6. The van der Waals surface area contributed by atoms with Gasteiger partial charge in [-0.1, -0.05) is 30.3 Å². The third kappa shape index (κ3) is 2.80. The molecule has 1 N–H and O–H groups in total. The summed E-state index contributed by atoms with van der Waals surface area (Å²) in [6, 6.07) is 11.0. The van der Waals surface area contributed by atoms with Crippen LogP contribution in [0.2, 0.25) is 0 Å². The van der Waals surface area contributed by atoms with Crippen LogP contribution < -0.4 is 5.32 Å². The van der Waals surface area contributed by atoms with Gasteiger partial charge >= 0.3 is 0 Å². The van der Waals surface area contributed by atoms with Crippen molar-refractivity contribution in [3.63, 3.8) is 0 Å². The van der Waals surface area contributed by atoms with Crippen LogP contribution in [0.15, 0.2) is 35.3 Å². The fourth-order valence-electron chi connectivity index (χ4n) is 2.86. The molecule has 0 saturated carbocycles. The van der Waals surface area contributed by atoms with Gasteiger partial charge < -0.3 is 10.2 Å². The molecule has 0 radical (unpaired) electrons. The third-order valence-electron chi connectivity index (χ3n) is 3.98. The third-order valence-corrected chi connectivity index (χ3v) is 3.98. The maximum Gasteiger partial charge on any atom is 0.119 e. The van der Waals surface area contributed by atoms with Gasteiger partial charge in [0.2, 0.25) is 0 Å². The number of nitrogens with one attached hydrogen (secondary N) is 1. The Morgan fingerprint density at radius 1 is 1.11 bits per heavy atom. The standard InChI is InChI=1S/C15H22N4/c1-18-9-11-19(12-10-18)14(15-16-7-8-17-15)13-5-3-2-4-6-13/h2-6,14H,7-12H2,1H3,(H,16,17). The Kier molecular flexibility index (Phi) is 3.80. The molecule has 1 aromatic rings. The van der Waals surface area contributed by atoms with Gasteiger partial charge in [0.15, 0.2) is 0 Å². The second kappa shape index (κ2) is 5.72. The molecule has 102 valence electrons. The summed E-state index contributed by atoms with van der Waals surface area (Å²) in [6.07, 6.45) is 0. The molecule has 1 aromatic carbocycles. The van der Waals surface area contributed by atoms with Crippen molar-refractivity contribution in [3.05, 3.63) is 35.9 Å². The summed E-state index contributed by atoms with van der Waals surface area (Å²) in [5, 5.41) is 3.46. The van der Waals surface area contributed by atoms with Crippen LogP contribution in [-0.4, -0.2) is 62.0 Å². The van der Waals surface area contributed by atoms with Gasteiger partial charge in [-0.15, -0.1) is 0 Å². The van der Waals surface area contributed by atoms with E-state index in [9.17, 15) is 0 Å². The topological polar surface area (TPSA) is 30.9 Å². The first-order chi connectivity index (χ1) is 9.34. The van der Waals surface area contributed by atoms with Crippen molar-refractivity contribution < 1.29 is 0 Å². The zero-order valence-electron chi connectivity index (χ0n) is 11.5. The number of rotatable bonds is 3. The molecular weight excluding hydrogens is 236 g/mol. The van der Waals surface area contributed by atoms with E-state index in [1.54, 1.807) is 0 Å². The number of nitrogens with zero attached hydrogens (tertiary/aromatic N) is 3. The lowest BCUT2D eigenvalue weighted by Crippen LogP contribution is -2.49. The van der Waals surface area contributed by atoms with Gasteiger partial charge in [-0.25, -0.2) is 0 Å². The minimum absolute atomic E-state index is 0.303. The van der Waals surface area contributed by atoms with E-state index < -0.39 is 0 Å². The Morgan fingerprint density at radius 2 is 1.84 bits per heavy atom. The molecule has 2 aliphatic heterocycles. The number of amidine groups is 1. The Labute approximate surface area is 115 Å². The van der Waals surface area contributed by atoms with Crippen LogP contribution in [0.5, 0.6) is 0 Å². The molecule has 1 atom stereocenters. The highest BCUT2D eigenvalue weighted by Crippen LogP contribution is 2.23. The van der Waals surface area contributed by atoms with E-state index in [0.29, 0.717) is 6.04 Å². The number of benzene rings is 1. The van der Waals surface area contributed by atoms with E-state index in [-0.39, 0.29) is 0 Å². The van der Waals surface area contributed by atoms with Crippen LogP contribution in [0, 0.1) is 0 Å². The summed E-state index contributed by atoms with van der Waals surface area (Å²) in [7, 11) is 2.19. The highest BCUT2D eigenvalue weighted by molar-refractivity contribution is 5.89. The molecule has 19 heavy (non-hydrogen) atoms. The SMILES string of the molecule is CN1CCN(C(C2=NCCN2)c2ccccc2)CC1. The normalized spacial score (nSPS) is 22.9. The van der Waals surface area contributed by atoms with Crippen LogP contribution in [0.4, 0.5) is 0 Å². The van der Waals surface area contributed by atoms with Gasteiger partial charge in [0.1, 0.15) is 5.84 Å². The highest BCUT2D eigenvalue weighted by Gasteiger charge is 2.29. The predicted molar refractivity (Wildman–Crippen MR) is 78.6 cm³/mol. The van der Waals surface area contributed by atoms with Gasteiger partial charge in [-0.2, -0.15) is 0 Å². The molecule has 3 rings (SSSR count). The monoisotopic (exact) mass is 258 g/mol. The summed E-state index contributed by atoms with van der Waals surface area (Å²) in [5.41, 5.74) is 1.35. The minimum atomic E-state index is 0.303. The van der Waals surface area contributed by atoms with E-state index in [0.717, 1.165) is 45.1 Å². The molecule has 4 nitrogen and oxygen atoms in total. The van der Waals surface area contributed by atoms with E-state index in [2.05, 4.69) is 57.5 Å². The average Bonchev–Trinajstić information content (AvgIpc) is 2.96. The lowest BCUT2D eigenvalue weighted by Gasteiger charge is -2.38. The minimum Gasteiger partial charge on any atom is -0.370 e. The average molecular weight is 258 g/mol. The van der Waals surface area contributed by atoms with E-state index in [1.807, 2.05) is 0 Å². The largest absolute Gasteiger partial charge is 0.370 e. The van der Waals surface area contributed by atoms with Gasteiger partial charge in [0, 0.05) is 32.7 Å². The van der Waals surface area contributed by atoms with Crippen molar-refractivity contribution in [2.45, 2.75) is 6.04 Å². The zero-order chi connectivity index (χ0) is 13.1. The molecule has 2 heterocycles. The molecule has 1 fully saturated rings. The predicted octanol–water partition coefficient (Wildman–Crippen LogP) is 0.977. The van der Waals surface area contributed by atoms with Gasteiger partial charge in [-0.3, -0.25) is 9.89 Å². The van der Waals surface area contributed by atoms with E-state index in [4.69, 9.17) is 0 Å². The molecule has 0 bridgehead atoms. The van der Waals surface area contributed by atoms with Crippen molar-refractivity contribution in [2.75, 3.05) is 46.3 Å². The van der Waals surface area contributed by atoms with Gasteiger partial charge in [-0.05, 0) is 12.6 Å². The van der Waals surface area contributed by atoms with Crippen LogP contribution in [0.25, 0.3) is 0 Å². The molecule has 0 spiro atoms. The fraction of sp³-hybridized carbons (Fsp3) is 0.533. The fourth-order valence-corrected chi connectivity index (χ4v) is 2.86. The number of likely N-dealkylation sites (N-methyl/N-ethyl adjacent to an activating group) is 1. The summed E-state index contributed by atoms with van der Waals surface area (Å²) in [5.74, 6) is 1.15. The Balaban J connectivity index is 1.84. The summed E-state index contributed by atoms with van der Waals surface area (Å²) in [4.78, 5) is 9.60. The second-order valence-electron chi connectivity index (χ2n) is 5.35. The Hall–Kier alpha value is -1.39. The quantitative estimate of drug-likeness (QED) is 0.877. The van der Waals surface area contributed by atoms with Gasteiger partial charge in [0.25, 0.3) is 0 Å².